The minimum atomic E-state index is -0.380. The van der Waals surface area contributed by atoms with E-state index in [1.807, 2.05) is 0 Å². The van der Waals surface area contributed by atoms with Crippen LogP contribution in [0.3, 0.4) is 0 Å². The molecule has 0 saturated carbocycles. The molecule has 5 heteroatoms. The maximum atomic E-state index is 13.5. The van der Waals surface area contributed by atoms with Crippen molar-refractivity contribution in [2.24, 2.45) is 5.73 Å². The first-order valence-electron chi connectivity index (χ1n) is 5.99. The quantitative estimate of drug-likeness (QED) is 0.773. The molecule has 0 atom stereocenters. The fourth-order valence-corrected chi connectivity index (χ4v) is 1.38. The highest BCUT2D eigenvalue weighted by Gasteiger charge is 2.05. The van der Waals surface area contributed by atoms with Crippen molar-refractivity contribution in [1.29, 1.82) is 0 Å². The summed E-state index contributed by atoms with van der Waals surface area (Å²) in [5.41, 5.74) is 6.32. The number of ether oxygens (including phenoxy) is 1. The summed E-state index contributed by atoms with van der Waals surface area (Å²) in [6, 6.07) is 4.49. The molecule has 0 saturated heterocycles. The van der Waals surface area contributed by atoms with Crippen LogP contribution in [0.15, 0.2) is 18.2 Å². The van der Waals surface area contributed by atoms with Gasteiger partial charge in [-0.05, 0) is 25.1 Å². The second kappa shape index (κ2) is 8.25. The molecule has 1 rings (SSSR count). The summed E-state index contributed by atoms with van der Waals surface area (Å²) in [5, 5.41) is 2.58. The molecule has 1 amide bonds. The molecule has 0 spiro atoms. The first-order chi connectivity index (χ1) is 9.17. The molecule has 0 radical (unpaired) electrons. The third kappa shape index (κ3) is 5.51. The van der Waals surface area contributed by atoms with Crippen molar-refractivity contribution in [1.82, 2.24) is 5.32 Å². The van der Waals surface area contributed by atoms with Crippen LogP contribution in [0.1, 0.15) is 18.1 Å². The lowest BCUT2D eigenvalue weighted by atomic mass is 10.1. The normalized spacial score (nSPS) is 9.63. The van der Waals surface area contributed by atoms with E-state index in [-0.39, 0.29) is 31.4 Å². The van der Waals surface area contributed by atoms with Crippen molar-refractivity contribution >= 4 is 5.91 Å². The van der Waals surface area contributed by atoms with E-state index in [9.17, 15) is 9.18 Å². The highest BCUT2D eigenvalue weighted by atomic mass is 19.1. The number of hydrogen-bond donors (Lipinski definition) is 2. The number of nitrogens with two attached hydrogens (primary N) is 1. The molecule has 0 bridgehead atoms. The lowest BCUT2D eigenvalue weighted by Gasteiger charge is -2.07. The van der Waals surface area contributed by atoms with Gasteiger partial charge in [-0.15, -0.1) is 0 Å². The van der Waals surface area contributed by atoms with Crippen molar-refractivity contribution in [3.8, 4) is 11.8 Å². The highest BCUT2D eigenvalue weighted by Crippen LogP contribution is 2.09. The molecule has 0 fully saturated rings. The topological polar surface area (TPSA) is 64.3 Å². The van der Waals surface area contributed by atoms with Crippen LogP contribution in [-0.4, -0.2) is 25.7 Å². The Morgan fingerprint density at radius 2 is 2.32 bits per heavy atom. The monoisotopic (exact) mass is 264 g/mol. The van der Waals surface area contributed by atoms with Crippen LogP contribution < -0.4 is 11.1 Å². The average molecular weight is 264 g/mol. The first-order valence-corrected chi connectivity index (χ1v) is 5.99. The number of halogens is 1. The van der Waals surface area contributed by atoms with Crippen molar-refractivity contribution in [2.45, 2.75) is 13.5 Å². The average Bonchev–Trinajstić information content (AvgIpc) is 2.42. The number of hydrogen-bond acceptors (Lipinski definition) is 3. The number of carbonyl (C=O) groups excluding carboxylic acids is 1. The maximum absolute atomic E-state index is 13.5. The van der Waals surface area contributed by atoms with Gasteiger partial charge in [-0.3, -0.25) is 4.79 Å². The van der Waals surface area contributed by atoms with E-state index in [1.165, 1.54) is 6.07 Å². The van der Waals surface area contributed by atoms with E-state index in [0.717, 1.165) is 0 Å². The Morgan fingerprint density at radius 3 is 3.00 bits per heavy atom. The van der Waals surface area contributed by atoms with E-state index in [0.29, 0.717) is 17.7 Å². The molecule has 3 N–H and O–H groups in total. The van der Waals surface area contributed by atoms with E-state index in [4.69, 9.17) is 10.5 Å². The predicted molar refractivity (Wildman–Crippen MR) is 70.7 cm³/mol. The van der Waals surface area contributed by atoms with Gasteiger partial charge < -0.3 is 15.8 Å². The van der Waals surface area contributed by atoms with Crippen LogP contribution in [0.4, 0.5) is 4.39 Å². The van der Waals surface area contributed by atoms with E-state index >= 15 is 0 Å². The molecule has 0 aliphatic rings. The summed E-state index contributed by atoms with van der Waals surface area (Å²) in [5.74, 6) is 4.85. The minimum Gasteiger partial charge on any atom is -0.372 e. The van der Waals surface area contributed by atoms with E-state index in [2.05, 4.69) is 17.2 Å². The Hall–Kier alpha value is -1.90. The summed E-state index contributed by atoms with van der Waals surface area (Å²) in [7, 11) is 0. The number of amides is 1. The third-order valence-electron chi connectivity index (χ3n) is 2.29. The largest absolute Gasteiger partial charge is 0.372 e. The standard InChI is InChI=1S/C14H17FN2O2/c1-2-19-10-14(18)17-9-12-8-11(4-3-7-16)5-6-13(12)15/h5-6,8H,2,7,9-10,16H2,1H3,(H,17,18). The number of nitrogens with one attached hydrogen (secondary N) is 1. The molecule has 0 aliphatic heterocycles. The Balaban J connectivity index is 2.64. The number of rotatable bonds is 5. The zero-order valence-corrected chi connectivity index (χ0v) is 10.8. The van der Waals surface area contributed by atoms with Crippen LogP contribution in [0.25, 0.3) is 0 Å². The maximum Gasteiger partial charge on any atom is 0.246 e. The molecule has 1 aromatic rings. The van der Waals surface area contributed by atoms with Crippen molar-refractivity contribution in [3.05, 3.63) is 35.1 Å². The third-order valence-corrected chi connectivity index (χ3v) is 2.29. The molecule has 1 aromatic carbocycles. The van der Waals surface area contributed by atoms with Gasteiger partial charge in [-0.25, -0.2) is 4.39 Å². The van der Waals surface area contributed by atoms with Crippen molar-refractivity contribution < 1.29 is 13.9 Å². The minimum absolute atomic E-state index is 0.0230. The predicted octanol–water partition coefficient (Wildman–Crippen LogP) is 0.789. The Morgan fingerprint density at radius 1 is 1.53 bits per heavy atom. The van der Waals surface area contributed by atoms with Gasteiger partial charge in [0, 0.05) is 24.3 Å². The molecular weight excluding hydrogens is 247 g/mol. The van der Waals surface area contributed by atoms with Crippen LogP contribution in [0, 0.1) is 17.7 Å². The summed E-state index contributed by atoms with van der Waals surface area (Å²) in [6.45, 7) is 2.59. The molecule has 19 heavy (non-hydrogen) atoms. The Kier molecular flexibility index (Phi) is 6.58. The molecule has 0 unspecified atom stereocenters. The first kappa shape index (κ1) is 15.2. The molecule has 4 nitrogen and oxygen atoms in total. The van der Waals surface area contributed by atoms with Crippen LogP contribution in [0.2, 0.25) is 0 Å². The van der Waals surface area contributed by atoms with Crippen molar-refractivity contribution in [2.75, 3.05) is 19.8 Å². The SMILES string of the molecule is CCOCC(=O)NCc1cc(C#CCN)ccc1F. The van der Waals surface area contributed by atoms with Gasteiger partial charge in [0.15, 0.2) is 0 Å². The summed E-state index contributed by atoms with van der Waals surface area (Å²) >= 11 is 0. The van der Waals surface area contributed by atoms with E-state index in [1.54, 1.807) is 19.1 Å². The second-order valence-electron chi connectivity index (χ2n) is 3.73. The van der Waals surface area contributed by atoms with Gasteiger partial charge in [0.2, 0.25) is 5.91 Å². The number of benzene rings is 1. The van der Waals surface area contributed by atoms with Gasteiger partial charge in [0.25, 0.3) is 0 Å². The summed E-state index contributed by atoms with van der Waals surface area (Å²) in [4.78, 5) is 11.3. The van der Waals surface area contributed by atoms with Gasteiger partial charge in [-0.1, -0.05) is 11.8 Å². The van der Waals surface area contributed by atoms with Gasteiger partial charge in [0.1, 0.15) is 12.4 Å². The fraction of sp³-hybridized carbons (Fsp3) is 0.357. The van der Waals surface area contributed by atoms with Gasteiger partial charge >= 0.3 is 0 Å². The molecular formula is C14H17FN2O2. The lowest BCUT2D eigenvalue weighted by molar-refractivity contribution is -0.125. The highest BCUT2D eigenvalue weighted by molar-refractivity contribution is 5.77. The van der Waals surface area contributed by atoms with Gasteiger partial charge in [0.05, 0.1) is 6.54 Å². The molecule has 102 valence electrons. The zero-order valence-electron chi connectivity index (χ0n) is 10.8. The summed E-state index contributed by atoms with van der Waals surface area (Å²) in [6.07, 6.45) is 0. The van der Waals surface area contributed by atoms with Crippen molar-refractivity contribution in [3.63, 3.8) is 0 Å². The second-order valence-corrected chi connectivity index (χ2v) is 3.73. The van der Waals surface area contributed by atoms with Crippen LogP contribution >= 0.6 is 0 Å². The number of carbonyl (C=O) groups is 1. The lowest BCUT2D eigenvalue weighted by Crippen LogP contribution is -2.27. The van der Waals surface area contributed by atoms with E-state index < -0.39 is 0 Å². The molecule has 0 aromatic heterocycles. The Labute approximate surface area is 112 Å². The molecule has 0 aliphatic carbocycles. The summed E-state index contributed by atoms with van der Waals surface area (Å²) < 4.78 is 18.5. The fourth-order valence-electron chi connectivity index (χ4n) is 1.38. The smallest absolute Gasteiger partial charge is 0.246 e. The van der Waals surface area contributed by atoms with Crippen LogP contribution in [0.5, 0.6) is 0 Å². The zero-order chi connectivity index (χ0) is 14.1. The van der Waals surface area contributed by atoms with Gasteiger partial charge in [-0.2, -0.15) is 0 Å². The molecule has 0 heterocycles. The Bertz CT molecular complexity index is 492. The van der Waals surface area contributed by atoms with Crippen LogP contribution in [-0.2, 0) is 16.1 Å².